The summed E-state index contributed by atoms with van der Waals surface area (Å²) < 4.78 is 4.79. The van der Waals surface area contributed by atoms with Gasteiger partial charge >= 0.3 is 0 Å². The average Bonchev–Trinajstić information content (AvgIpc) is 2.08. The Morgan fingerprint density at radius 3 is 1.69 bits per heavy atom. The van der Waals surface area contributed by atoms with Crippen LogP contribution in [0.5, 0.6) is 0 Å². The highest BCUT2D eigenvalue weighted by Crippen LogP contribution is 2.05. The van der Waals surface area contributed by atoms with E-state index in [2.05, 4.69) is 0 Å². The maximum Gasteiger partial charge on any atom is 0.290 e. The molecule has 1 rings (SSSR count). The summed E-state index contributed by atoms with van der Waals surface area (Å²) in [7, 11) is 0. The Hall–Kier alpha value is -0.650. The first-order valence-electron chi connectivity index (χ1n) is 4.22. The SMILES string of the molecule is CC.O=CO.OC1COCC(O)C1. The normalized spacial score (nSPS) is 25.8. The summed E-state index contributed by atoms with van der Waals surface area (Å²) in [5.41, 5.74) is 0. The van der Waals surface area contributed by atoms with Crippen LogP contribution in [0.2, 0.25) is 0 Å². The van der Waals surface area contributed by atoms with Crippen LogP contribution in [0.15, 0.2) is 0 Å². The molecule has 5 nitrogen and oxygen atoms in total. The van der Waals surface area contributed by atoms with Gasteiger partial charge in [0.1, 0.15) is 0 Å². The van der Waals surface area contributed by atoms with Gasteiger partial charge in [0.15, 0.2) is 0 Å². The van der Waals surface area contributed by atoms with E-state index in [0.717, 1.165) is 0 Å². The van der Waals surface area contributed by atoms with Crippen molar-refractivity contribution >= 4 is 6.47 Å². The first-order valence-corrected chi connectivity index (χ1v) is 4.22. The molecule has 0 amide bonds. The fourth-order valence-corrected chi connectivity index (χ4v) is 0.790. The van der Waals surface area contributed by atoms with E-state index >= 15 is 0 Å². The first kappa shape index (κ1) is 14.9. The van der Waals surface area contributed by atoms with Gasteiger partial charge in [-0.05, 0) is 0 Å². The van der Waals surface area contributed by atoms with E-state index in [-0.39, 0.29) is 6.47 Å². The van der Waals surface area contributed by atoms with Crippen molar-refractivity contribution in [1.29, 1.82) is 0 Å². The van der Waals surface area contributed by atoms with Crippen molar-refractivity contribution in [3.63, 3.8) is 0 Å². The second-order valence-electron chi connectivity index (χ2n) is 2.19. The van der Waals surface area contributed by atoms with Crippen LogP contribution < -0.4 is 0 Å². The van der Waals surface area contributed by atoms with Crippen LogP contribution in [0.3, 0.4) is 0 Å². The lowest BCUT2D eigenvalue weighted by Crippen LogP contribution is -2.32. The third kappa shape index (κ3) is 11.3. The predicted molar refractivity (Wildman–Crippen MR) is 47.5 cm³/mol. The summed E-state index contributed by atoms with van der Waals surface area (Å²) in [6.45, 7) is 4.49. The van der Waals surface area contributed by atoms with Crippen LogP contribution in [0.4, 0.5) is 0 Å². The van der Waals surface area contributed by atoms with Crippen molar-refractivity contribution in [3.05, 3.63) is 0 Å². The number of hydrogen-bond donors (Lipinski definition) is 3. The summed E-state index contributed by atoms with van der Waals surface area (Å²) in [5, 5.41) is 24.5. The molecule has 1 aliphatic rings. The number of ether oxygens (including phenoxy) is 1. The quantitative estimate of drug-likeness (QED) is 0.467. The fourth-order valence-electron chi connectivity index (χ4n) is 0.790. The van der Waals surface area contributed by atoms with Crippen LogP contribution in [-0.2, 0) is 9.53 Å². The molecule has 3 N–H and O–H groups in total. The van der Waals surface area contributed by atoms with Gasteiger partial charge in [-0.3, -0.25) is 4.79 Å². The lowest BCUT2D eigenvalue weighted by molar-refractivity contribution is -0.122. The second-order valence-corrected chi connectivity index (χ2v) is 2.19. The van der Waals surface area contributed by atoms with Crippen LogP contribution >= 0.6 is 0 Å². The van der Waals surface area contributed by atoms with Crippen LogP contribution in [0, 0.1) is 0 Å². The topological polar surface area (TPSA) is 87.0 Å². The maximum atomic E-state index is 8.79. The molecule has 0 spiro atoms. The van der Waals surface area contributed by atoms with Crippen molar-refractivity contribution in [1.82, 2.24) is 0 Å². The van der Waals surface area contributed by atoms with E-state index in [1.54, 1.807) is 0 Å². The molecule has 1 heterocycles. The standard InChI is InChI=1S/C5H10O3.C2H6.CH2O2/c6-4-1-5(7)3-8-2-4;1-2;2-1-3/h4-7H,1-3H2;1-2H3;1H,(H,2,3). The molecule has 1 aliphatic heterocycles. The highest BCUT2D eigenvalue weighted by atomic mass is 16.5. The van der Waals surface area contributed by atoms with Gasteiger partial charge < -0.3 is 20.1 Å². The molecule has 0 bridgehead atoms. The molecular weight excluding hydrogens is 176 g/mol. The van der Waals surface area contributed by atoms with Gasteiger partial charge in [-0.25, -0.2) is 0 Å². The van der Waals surface area contributed by atoms with E-state index in [1.165, 1.54) is 0 Å². The van der Waals surface area contributed by atoms with Crippen molar-refractivity contribution in [2.75, 3.05) is 13.2 Å². The van der Waals surface area contributed by atoms with Crippen LogP contribution in [0.25, 0.3) is 0 Å². The van der Waals surface area contributed by atoms with Gasteiger partial charge in [-0.2, -0.15) is 0 Å². The monoisotopic (exact) mass is 194 g/mol. The molecule has 13 heavy (non-hydrogen) atoms. The van der Waals surface area contributed by atoms with Gasteiger partial charge in [0.25, 0.3) is 6.47 Å². The Kier molecular flexibility index (Phi) is 13.0. The summed E-state index contributed by atoms with van der Waals surface area (Å²) in [5.74, 6) is 0. The molecule has 1 fully saturated rings. The molecule has 0 aliphatic carbocycles. The highest BCUT2D eigenvalue weighted by Gasteiger charge is 2.17. The Bertz CT molecular complexity index is 98.7. The van der Waals surface area contributed by atoms with Crippen molar-refractivity contribution in [2.24, 2.45) is 0 Å². The third-order valence-electron chi connectivity index (χ3n) is 1.16. The van der Waals surface area contributed by atoms with Crippen molar-refractivity contribution in [2.45, 2.75) is 32.5 Å². The van der Waals surface area contributed by atoms with E-state index < -0.39 is 12.2 Å². The maximum absolute atomic E-state index is 8.79. The number of aliphatic hydroxyl groups excluding tert-OH is 2. The molecule has 2 unspecified atom stereocenters. The largest absolute Gasteiger partial charge is 0.483 e. The second kappa shape index (κ2) is 11.4. The van der Waals surface area contributed by atoms with Gasteiger partial charge in [-0.1, -0.05) is 13.8 Å². The van der Waals surface area contributed by atoms with E-state index in [9.17, 15) is 0 Å². The number of hydrogen-bond acceptors (Lipinski definition) is 4. The molecule has 0 radical (unpaired) electrons. The van der Waals surface area contributed by atoms with Crippen molar-refractivity contribution in [3.8, 4) is 0 Å². The van der Waals surface area contributed by atoms with Crippen LogP contribution in [0.1, 0.15) is 20.3 Å². The summed E-state index contributed by atoms with van der Waals surface area (Å²) in [6, 6.07) is 0. The highest BCUT2D eigenvalue weighted by molar-refractivity contribution is 5.32. The molecule has 80 valence electrons. The van der Waals surface area contributed by atoms with Crippen LogP contribution in [-0.4, -0.2) is 47.2 Å². The zero-order chi connectivity index (χ0) is 10.7. The number of carboxylic acid groups (broad SMARTS) is 1. The average molecular weight is 194 g/mol. The molecule has 1 saturated heterocycles. The lowest BCUT2D eigenvalue weighted by Gasteiger charge is -2.21. The molecule has 2 atom stereocenters. The third-order valence-corrected chi connectivity index (χ3v) is 1.16. The molecule has 5 heteroatoms. The fraction of sp³-hybridized carbons (Fsp3) is 0.875. The minimum Gasteiger partial charge on any atom is -0.483 e. The smallest absolute Gasteiger partial charge is 0.290 e. The molecule has 0 saturated carbocycles. The van der Waals surface area contributed by atoms with E-state index in [4.69, 9.17) is 24.9 Å². The summed E-state index contributed by atoms with van der Waals surface area (Å²) in [6.07, 6.45) is -0.461. The molecule has 0 aromatic heterocycles. The van der Waals surface area contributed by atoms with E-state index in [1.807, 2.05) is 13.8 Å². The van der Waals surface area contributed by atoms with E-state index in [0.29, 0.717) is 19.6 Å². The minimum atomic E-state index is -0.459. The number of aliphatic hydroxyl groups is 2. The number of carbonyl (C=O) groups is 1. The minimum absolute atomic E-state index is 0.250. The van der Waals surface area contributed by atoms with Gasteiger partial charge in [-0.15, -0.1) is 0 Å². The molecular formula is C8H18O5. The summed E-state index contributed by atoms with van der Waals surface area (Å²) in [4.78, 5) is 8.36. The first-order chi connectivity index (χ1) is 6.20. The molecule has 0 aromatic rings. The Labute approximate surface area is 78.0 Å². The Balaban J connectivity index is 0. The zero-order valence-electron chi connectivity index (χ0n) is 8.01. The summed E-state index contributed by atoms with van der Waals surface area (Å²) >= 11 is 0. The Morgan fingerprint density at radius 1 is 1.23 bits per heavy atom. The molecule has 0 aromatic carbocycles. The van der Waals surface area contributed by atoms with Gasteiger partial charge in [0.2, 0.25) is 0 Å². The van der Waals surface area contributed by atoms with Gasteiger partial charge in [0.05, 0.1) is 25.4 Å². The zero-order valence-corrected chi connectivity index (χ0v) is 8.01. The predicted octanol–water partition coefficient (Wildman–Crippen LogP) is -0.145. The lowest BCUT2D eigenvalue weighted by atomic mass is 10.1. The number of rotatable bonds is 0. The van der Waals surface area contributed by atoms with Gasteiger partial charge in [0, 0.05) is 6.42 Å². The van der Waals surface area contributed by atoms with Crippen molar-refractivity contribution < 1.29 is 24.9 Å². The Morgan fingerprint density at radius 2 is 1.54 bits per heavy atom.